The van der Waals surface area contributed by atoms with Crippen LogP contribution in [0, 0.1) is 5.92 Å². The molecule has 0 aromatic heterocycles. The minimum atomic E-state index is 0.871. The van der Waals surface area contributed by atoms with Gasteiger partial charge in [-0.3, -0.25) is 0 Å². The van der Waals surface area contributed by atoms with Crippen LogP contribution in [0.4, 0.5) is 0 Å². The molecule has 0 unspecified atom stereocenters. The summed E-state index contributed by atoms with van der Waals surface area (Å²) in [5.74, 6) is 0.920. The van der Waals surface area contributed by atoms with E-state index in [0.717, 1.165) is 38.1 Å². The van der Waals surface area contributed by atoms with Crippen LogP contribution >= 0.6 is 0 Å². The molecule has 17 heavy (non-hydrogen) atoms. The van der Waals surface area contributed by atoms with Gasteiger partial charge in [0.25, 0.3) is 0 Å². The van der Waals surface area contributed by atoms with Crippen molar-refractivity contribution in [1.29, 1.82) is 0 Å². The Bertz CT molecular complexity index is 198. The Morgan fingerprint density at radius 1 is 1.12 bits per heavy atom. The highest BCUT2D eigenvalue weighted by molar-refractivity contribution is 4.83. The minimum Gasteiger partial charge on any atom is -0.380 e. The Balaban J connectivity index is 1.48. The van der Waals surface area contributed by atoms with E-state index in [2.05, 4.69) is 17.1 Å². The first-order valence-electron chi connectivity index (χ1n) is 7.42. The van der Waals surface area contributed by atoms with Crippen molar-refractivity contribution < 1.29 is 4.74 Å². The van der Waals surface area contributed by atoms with E-state index in [1.54, 1.807) is 0 Å². The molecule has 0 amide bonds. The van der Waals surface area contributed by atoms with Crippen molar-refractivity contribution in [3.63, 3.8) is 0 Å². The Hall–Kier alpha value is -0.120. The third-order valence-electron chi connectivity index (χ3n) is 3.88. The second kappa shape index (κ2) is 7.34. The molecule has 1 aliphatic carbocycles. The summed E-state index contributed by atoms with van der Waals surface area (Å²) in [5.41, 5.74) is 0. The number of hydrogen-bond donors (Lipinski definition) is 1. The lowest BCUT2D eigenvalue weighted by Crippen LogP contribution is -2.39. The SMILES string of the molecule is CCCOCCN1CCC(CNC2CC2)CC1. The van der Waals surface area contributed by atoms with Crippen LogP contribution in [0.3, 0.4) is 0 Å². The van der Waals surface area contributed by atoms with Gasteiger partial charge < -0.3 is 15.0 Å². The zero-order valence-electron chi connectivity index (χ0n) is 11.3. The molecule has 100 valence electrons. The molecular formula is C14H28N2O. The number of nitrogens with one attached hydrogen (secondary N) is 1. The van der Waals surface area contributed by atoms with E-state index in [1.165, 1.54) is 45.3 Å². The van der Waals surface area contributed by atoms with E-state index in [9.17, 15) is 0 Å². The first-order chi connectivity index (χ1) is 8.38. The molecule has 3 nitrogen and oxygen atoms in total. The van der Waals surface area contributed by atoms with Gasteiger partial charge in [-0.1, -0.05) is 6.92 Å². The molecule has 0 aromatic carbocycles. The second-order valence-electron chi connectivity index (χ2n) is 5.58. The summed E-state index contributed by atoms with van der Waals surface area (Å²) in [5, 5.41) is 3.66. The van der Waals surface area contributed by atoms with E-state index in [4.69, 9.17) is 4.74 Å². The molecule has 0 spiro atoms. The molecule has 0 aromatic rings. The van der Waals surface area contributed by atoms with Gasteiger partial charge in [-0.05, 0) is 57.7 Å². The molecule has 1 N–H and O–H groups in total. The third-order valence-corrected chi connectivity index (χ3v) is 3.88. The third kappa shape index (κ3) is 5.36. The highest BCUT2D eigenvalue weighted by Gasteiger charge is 2.24. The van der Waals surface area contributed by atoms with Gasteiger partial charge in [0.15, 0.2) is 0 Å². The summed E-state index contributed by atoms with van der Waals surface area (Å²) in [6.07, 6.45) is 6.69. The summed E-state index contributed by atoms with van der Waals surface area (Å²) < 4.78 is 5.55. The quantitative estimate of drug-likeness (QED) is 0.656. The maximum Gasteiger partial charge on any atom is 0.0593 e. The second-order valence-corrected chi connectivity index (χ2v) is 5.58. The molecule has 2 rings (SSSR count). The standard InChI is InChI=1S/C14H28N2O/c1-2-10-17-11-9-16-7-5-13(6-8-16)12-15-14-3-4-14/h13-15H,2-12H2,1H3. The predicted octanol–water partition coefficient (Wildman–Crippen LogP) is 1.88. The lowest BCUT2D eigenvalue weighted by Gasteiger charge is -2.32. The van der Waals surface area contributed by atoms with Crippen molar-refractivity contribution in [2.45, 2.75) is 45.1 Å². The number of nitrogens with zero attached hydrogens (tertiary/aromatic N) is 1. The average molecular weight is 240 g/mol. The summed E-state index contributed by atoms with van der Waals surface area (Å²) in [6.45, 7) is 8.92. The van der Waals surface area contributed by atoms with Crippen molar-refractivity contribution in [1.82, 2.24) is 10.2 Å². The highest BCUT2D eigenvalue weighted by Crippen LogP contribution is 2.21. The van der Waals surface area contributed by atoms with Gasteiger partial charge in [0.2, 0.25) is 0 Å². The molecule has 1 saturated heterocycles. The smallest absolute Gasteiger partial charge is 0.0593 e. The van der Waals surface area contributed by atoms with Crippen LogP contribution in [0.5, 0.6) is 0 Å². The van der Waals surface area contributed by atoms with Crippen molar-refractivity contribution in [2.75, 3.05) is 39.4 Å². The van der Waals surface area contributed by atoms with Gasteiger partial charge >= 0.3 is 0 Å². The minimum absolute atomic E-state index is 0.871. The Morgan fingerprint density at radius 3 is 2.53 bits per heavy atom. The van der Waals surface area contributed by atoms with Crippen LogP contribution < -0.4 is 5.32 Å². The van der Waals surface area contributed by atoms with Gasteiger partial charge in [-0.25, -0.2) is 0 Å². The molecule has 0 atom stereocenters. The van der Waals surface area contributed by atoms with Crippen molar-refractivity contribution in [3.8, 4) is 0 Å². The van der Waals surface area contributed by atoms with Crippen LogP contribution in [0.25, 0.3) is 0 Å². The molecule has 1 heterocycles. The van der Waals surface area contributed by atoms with Crippen molar-refractivity contribution in [2.24, 2.45) is 5.92 Å². The van der Waals surface area contributed by atoms with Gasteiger partial charge in [-0.2, -0.15) is 0 Å². The monoisotopic (exact) mass is 240 g/mol. The maximum absolute atomic E-state index is 5.55. The molecular weight excluding hydrogens is 212 g/mol. The Kier molecular flexibility index (Phi) is 5.75. The maximum atomic E-state index is 5.55. The van der Waals surface area contributed by atoms with Crippen LogP contribution in [0.15, 0.2) is 0 Å². The van der Waals surface area contributed by atoms with Gasteiger partial charge in [0, 0.05) is 19.2 Å². The van der Waals surface area contributed by atoms with E-state index >= 15 is 0 Å². The van der Waals surface area contributed by atoms with E-state index < -0.39 is 0 Å². The fourth-order valence-corrected chi connectivity index (χ4v) is 2.48. The highest BCUT2D eigenvalue weighted by atomic mass is 16.5. The zero-order chi connectivity index (χ0) is 11.9. The first-order valence-corrected chi connectivity index (χ1v) is 7.42. The Morgan fingerprint density at radius 2 is 1.88 bits per heavy atom. The number of ether oxygens (including phenoxy) is 1. The molecule has 0 bridgehead atoms. The molecule has 1 saturated carbocycles. The number of rotatable bonds is 8. The molecule has 3 heteroatoms. The summed E-state index contributed by atoms with van der Waals surface area (Å²) >= 11 is 0. The van der Waals surface area contributed by atoms with Crippen LogP contribution in [-0.4, -0.2) is 50.3 Å². The van der Waals surface area contributed by atoms with E-state index in [1.807, 2.05) is 0 Å². The average Bonchev–Trinajstić information content (AvgIpc) is 3.18. The van der Waals surface area contributed by atoms with Crippen molar-refractivity contribution >= 4 is 0 Å². The Labute approximate surface area is 106 Å². The largest absolute Gasteiger partial charge is 0.380 e. The molecule has 0 radical (unpaired) electrons. The van der Waals surface area contributed by atoms with Gasteiger partial charge in [-0.15, -0.1) is 0 Å². The number of piperidine rings is 1. The number of hydrogen-bond acceptors (Lipinski definition) is 3. The summed E-state index contributed by atoms with van der Waals surface area (Å²) in [6, 6.07) is 0.871. The normalized spacial score (nSPS) is 23.1. The lowest BCUT2D eigenvalue weighted by atomic mass is 9.97. The van der Waals surface area contributed by atoms with Crippen LogP contribution in [0.1, 0.15) is 39.0 Å². The van der Waals surface area contributed by atoms with Gasteiger partial charge in [0.1, 0.15) is 0 Å². The fraction of sp³-hybridized carbons (Fsp3) is 1.00. The summed E-state index contributed by atoms with van der Waals surface area (Å²) in [4.78, 5) is 2.56. The molecule has 2 aliphatic rings. The number of likely N-dealkylation sites (tertiary alicyclic amines) is 1. The fourth-order valence-electron chi connectivity index (χ4n) is 2.48. The topological polar surface area (TPSA) is 24.5 Å². The predicted molar refractivity (Wildman–Crippen MR) is 71.3 cm³/mol. The lowest BCUT2D eigenvalue weighted by molar-refractivity contribution is 0.0886. The van der Waals surface area contributed by atoms with Gasteiger partial charge in [0.05, 0.1) is 6.61 Å². The zero-order valence-corrected chi connectivity index (χ0v) is 11.3. The summed E-state index contributed by atoms with van der Waals surface area (Å²) in [7, 11) is 0. The van der Waals surface area contributed by atoms with E-state index in [-0.39, 0.29) is 0 Å². The molecule has 2 fully saturated rings. The van der Waals surface area contributed by atoms with E-state index in [0.29, 0.717) is 0 Å². The van der Waals surface area contributed by atoms with Crippen LogP contribution in [-0.2, 0) is 4.74 Å². The first kappa shape index (κ1) is 13.3. The molecule has 1 aliphatic heterocycles. The van der Waals surface area contributed by atoms with Crippen LogP contribution in [0.2, 0.25) is 0 Å². The van der Waals surface area contributed by atoms with Crippen molar-refractivity contribution in [3.05, 3.63) is 0 Å².